The quantitative estimate of drug-likeness (QED) is 0.505. The molecule has 0 aliphatic carbocycles. The molecular formula is C24H26N4O. The van der Waals surface area contributed by atoms with E-state index in [0.717, 1.165) is 40.1 Å². The van der Waals surface area contributed by atoms with Crippen molar-refractivity contribution in [2.75, 3.05) is 0 Å². The zero-order chi connectivity index (χ0) is 20.4. The fourth-order valence-corrected chi connectivity index (χ4v) is 4.27. The molecule has 0 atom stereocenters. The van der Waals surface area contributed by atoms with Gasteiger partial charge in [0.2, 0.25) is 0 Å². The third-order valence-corrected chi connectivity index (χ3v) is 6.01. The zero-order valence-electron chi connectivity index (χ0n) is 17.3. The fraction of sp³-hybridized carbons (Fsp3) is 0.333. The van der Waals surface area contributed by atoms with Gasteiger partial charge in [-0.15, -0.1) is 0 Å². The van der Waals surface area contributed by atoms with Crippen molar-refractivity contribution in [1.82, 2.24) is 19.9 Å². The summed E-state index contributed by atoms with van der Waals surface area (Å²) in [4.78, 5) is 16.5. The first kappa shape index (κ1) is 18.0. The van der Waals surface area contributed by atoms with Gasteiger partial charge in [0.05, 0.1) is 11.2 Å². The molecule has 0 saturated carbocycles. The van der Waals surface area contributed by atoms with Crippen molar-refractivity contribution in [2.45, 2.75) is 51.4 Å². The van der Waals surface area contributed by atoms with E-state index >= 15 is 0 Å². The number of nitrogens with zero attached hydrogens (tertiary/aromatic N) is 2. The normalized spacial score (nSPS) is 17.4. The number of nitrogens with one attached hydrogen (secondary N) is 2. The lowest BCUT2D eigenvalue weighted by atomic mass is 9.87. The maximum atomic E-state index is 10.9. The van der Waals surface area contributed by atoms with Gasteiger partial charge in [0.1, 0.15) is 0 Å². The molecule has 0 unspecified atom stereocenters. The van der Waals surface area contributed by atoms with Crippen LogP contribution in [-0.4, -0.2) is 25.0 Å². The first-order valence-corrected chi connectivity index (χ1v) is 10.1. The highest BCUT2D eigenvalue weighted by molar-refractivity contribution is 5.68. The van der Waals surface area contributed by atoms with Crippen molar-refractivity contribution in [3.8, 4) is 5.75 Å². The molecule has 0 aromatic carbocycles. The van der Waals surface area contributed by atoms with Crippen LogP contribution in [0, 0.1) is 0 Å². The number of H-pyrrole nitrogens is 2. The lowest BCUT2D eigenvalue weighted by Gasteiger charge is -2.15. The van der Waals surface area contributed by atoms with Crippen molar-refractivity contribution >= 4 is 22.1 Å². The molecule has 0 radical (unpaired) electrons. The highest BCUT2D eigenvalue weighted by Gasteiger charge is 2.31. The number of rotatable bonds is 0. The number of hydrogen-bond donors (Lipinski definition) is 3. The summed E-state index contributed by atoms with van der Waals surface area (Å²) in [6, 6.07) is 14.3. The standard InChI is InChI=1S/C24H26N4O/c1-23(2)12-17-9-14-5-6-15(25-14)10-21-24(3,4)13-19(28-21)22(29)18-8-7-16(26-18)11-20(23)27-17/h5-11,25-26,29H,12-13H2,1-4H3. The second-order valence-corrected chi connectivity index (χ2v) is 9.53. The summed E-state index contributed by atoms with van der Waals surface area (Å²) in [6.45, 7) is 8.75. The summed E-state index contributed by atoms with van der Waals surface area (Å²) < 4.78 is 0. The SMILES string of the molecule is CC1(C)Cc2cc3ccc(cc4nc(c(O)c5ccc(cc1n2)[nH]5)CC4(C)C)[nH]3. The molecule has 0 saturated heterocycles. The summed E-state index contributed by atoms with van der Waals surface area (Å²) in [5, 5.41) is 10.9. The predicted octanol–water partition coefficient (Wildman–Crippen LogP) is 5.06. The van der Waals surface area contributed by atoms with E-state index in [-0.39, 0.29) is 16.6 Å². The van der Waals surface area contributed by atoms with E-state index in [1.807, 2.05) is 12.1 Å². The fourth-order valence-electron chi connectivity index (χ4n) is 4.27. The highest BCUT2D eigenvalue weighted by Crippen LogP contribution is 2.36. The van der Waals surface area contributed by atoms with Gasteiger partial charge in [-0.1, -0.05) is 27.7 Å². The van der Waals surface area contributed by atoms with E-state index in [1.54, 1.807) is 0 Å². The molecule has 0 spiro atoms. The highest BCUT2D eigenvalue weighted by atomic mass is 16.3. The predicted molar refractivity (Wildman–Crippen MR) is 116 cm³/mol. The Balaban J connectivity index is 1.88. The topological polar surface area (TPSA) is 77.6 Å². The molecule has 0 fully saturated rings. The molecule has 5 heterocycles. The van der Waals surface area contributed by atoms with E-state index in [2.05, 4.69) is 68.0 Å². The lowest BCUT2D eigenvalue weighted by molar-refractivity contribution is 0.463. The van der Waals surface area contributed by atoms with Crippen LogP contribution in [0.25, 0.3) is 22.1 Å². The molecule has 3 N–H and O–H groups in total. The Hall–Kier alpha value is -3.08. The van der Waals surface area contributed by atoms with Crippen LogP contribution in [-0.2, 0) is 23.7 Å². The van der Waals surface area contributed by atoms with E-state index in [4.69, 9.17) is 9.97 Å². The first-order chi connectivity index (χ1) is 13.7. The summed E-state index contributed by atoms with van der Waals surface area (Å²) in [6.07, 6.45) is 1.58. The molecule has 29 heavy (non-hydrogen) atoms. The Kier molecular flexibility index (Phi) is 3.69. The average Bonchev–Trinajstić information content (AvgIpc) is 3.37. The molecule has 3 aromatic heterocycles. The van der Waals surface area contributed by atoms with Crippen LogP contribution in [0.2, 0.25) is 0 Å². The Bertz CT molecular complexity index is 1280. The molecule has 0 amide bonds. The molecule has 5 nitrogen and oxygen atoms in total. The Morgan fingerprint density at radius 2 is 1.34 bits per heavy atom. The molecule has 2 aliphatic rings. The van der Waals surface area contributed by atoms with E-state index in [9.17, 15) is 5.11 Å². The zero-order valence-corrected chi connectivity index (χ0v) is 17.3. The van der Waals surface area contributed by atoms with E-state index < -0.39 is 0 Å². The van der Waals surface area contributed by atoms with Crippen molar-refractivity contribution < 1.29 is 5.11 Å². The summed E-state index contributed by atoms with van der Waals surface area (Å²) >= 11 is 0. The minimum atomic E-state index is -0.142. The number of aromatic amines is 2. The monoisotopic (exact) mass is 386 g/mol. The molecule has 8 bridgehead atoms. The minimum absolute atomic E-state index is 0.0403. The van der Waals surface area contributed by atoms with Crippen LogP contribution in [0.5, 0.6) is 5.75 Å². The summed E-state index contributed by atoms with van der Waals surface area (Å²) in [5.41, 5.74) is 7.27. The van der Waals surface area contributed by atoms with Crippen molar-refractivity contribution in [3.05, 3.63) is 65.2 Å². The Morgan fingerprint density at radius 3 is 2.10 bits per heavy atom. The van der Waals surface area contributed by atoms with E-state index in [0.29, 0.717) is 17.6 Å². The molecule has 3 aromatic rings. The summed E-state index contributed by atoms with van der Waals surface area (Å²) in [7, 11) is 0. The number of hydrogen-bond acceptors (Lipinski definition) is 3. The van der Waals surface area contributed by atoms with Crippen molar-refractivity contribution in [3.63, 3.8) is 0 Å². The Morgan fingerprint density at radius 1 is 0.759 bits per heavy atom. The molecule has 2 aliphatic heterocycles. The third kappa shape index (κ3) is 3.11. The van der Waals surface area contributed by atoms with Crippen LogP contribution in [0.15, 0.2) is 42.5 Å². The molecule has 148 valence electrons. The maximum absolute atomic E-state index is 10.9. The largest absolute Gasteiger partial charge is 0.504 e. The molecule has 5 rings (SSSR count). The second-order valence-electron chi connectivity index (χ2n) is 9.53. The van der Waals surface area contributed by atoms with Crippen molar-refractivity contribution in [1.29, 1.82) is 0 Å². The summed E-state index contributed by atoms with van der Waals surface area (Å²) in [5.74, 6) is 0.216. The van der Waals surface area contributed by atoms with Gasteiger partial charge in [-0.25, -0.2) is 0 Å². The van der Waals surface area contributed by atoms with Gasteiger partial charge in [-0.05, 0) is 42.5 Å². The second kappa shape index (κ2) is 5.96. The molecular weight excluding hydrogens is 360 g/mol. The van der Waals surface area contributed by atoms with Gasteiger partial charge in [-0.2, -0.15) is 0 Å². The number of fused-ring (bicyclic) bond motifs is 8. The number of aromatic hydroxyl groups is 1. The lowest BCUT2D eigenvalue weighted by Crippen LogP contribution is -2.15. The average molecular weight is 386 g/mol. The Labute approximate surface area is 169 Å². The minimum Gasteiger partial charge on any atom is -0.504 e. The van der Waals surface area contributed by atoms with Crippen LogP contribution < -0.4 is 0 Å². The van der Waals surface area contributed by atoms with Gasteiger partial charge in [0.15, 0.2) is 5.75 Å². The third-order valence-electron chi connectivity index (χ3n) is 6.01. The van der Waals surface area contributed by atoms with Gasteiger partial charge >= 0.3 is 0 Å². The van der Waals surface area contributed by atoms with Gasteiger partial charge < -0.3 is 15.1 Å². The van der Waals surface area contributed by atoms with Crippen molar-refractivity contribution in [2.24, 2.45) is 0 Å². The first-order valence-electron chi connectivity index (χ1n) is 10.1. The van der Waals surface area contributed by atoms with Gasteiger partial charge in [-0.3, -0.25) is 9.97 Å². The van der Waals surface area contributed by atoms with Gasteiger partial charge in [0, 0.05) is 57.3 Å². The van der Waals surface area contributed by atoms with E-state index in [1.165, 1.54) is 0 Å². The maximum Gasteiger partial charge on any atom is 0.160 e. The number of aromatic nitrogens is 4. The van der Waals surface area contributed by atoms with Crippen LogP contribution >= 0.6 is 0 Å². The van der Waals surface area contributed by atoms with Crippen LogP contribution in [0.1, 0.15) is 50.5 Å². The molecule has 5 heteroatoms. The smallest absolute Gasteiger partial charge is 0.160 e. The van der Waals surface area contributed by atoms with Crippen LogP contribution in [0.3, 0.4) is 0 Å². The van der Waals surface area contributed by atoms with Gasteiger partial charge in [0.25, 0.3) is 0 Å². The van der Waals surface area contributed by atoms with Crippen LogP contribution in [0.4, 0.5) is 0 Å².